The van der Waals surface area contributed by atoms with Crippen LogP contribution in [0.25, 0.3) is 0 Å². The number of benzene rings is 1. The Morgan fingerprint density at radius 3 is 2.64 bits per heavy atom. The molecule has 1 aromatic heterocycles. The number of carbonyl (C=O) groups is 3. The molecular formula is C17H17ClN2O5. The SMILES string of the molecule is O=C(COC(=O)CCCNC(=O)c1ccco1)Nc1ccccc1Cl. The number of esters is 1. The van der Waals surface area contributed by atoms with E-state index in [4.69, 9.17) is 20.8 Å². The summed E-state index contributed by atoms with van der Waals surface area (Å²) in [5.74, 6) is -1.15. The molecule has 2 rings (SSSR count). The number of furan rings is 1. The number of halogens is 1. The molecule has 0 radical (unpaired) electrons. The van der Waals surface area contributed by atoms with E-state index >= 15 is 0 Å². The molecule has 8 heteroatoms. The Hall–Kier alpha value is -2.80. The molecule has 2 N–H and O–H groups in total. The van der Waals surface area contributed by atoms with Crippen LogP contribution in [0, 0.1) is 0 Å². The average Bonchev–Trinajstić information content (AvgIpc) is 3.13. The van der Waals surface area contributed by atoms with Crippen molar-refractivity contribution in [1.82, 2.24) is 5.32 Å². The van der Waals surface area contributed by atoms with Crippen molar-refractivity contribution < 1.29 is 23.5 Å². The van der Waals surface area contributed by atoms with Gasteiger partial charge in [-0.3, -0.25) is 14.4 Å². The van der Waals surface area contributed by atoms with Gasteiger partial charge in [-0.2, -0.15) is 0 Å². The second kappa shape index (κ2) is 9.48. The van der Waals surface area contributed by atoms with Gasteiger partial charge in [-0.1, -0.05) is 23.7 Å². The lowest BCUT2D eigenvalue weighted by Gasteiger charge is -2.08. The minimum atomic E-state index is -0.526. The monoisotopic (exact) mass is 364 g/mol. The molecule has 0 unspecified atom stereocenters. The molecule has 2 aromatic rings. The summed E-state index contributed by atoms with van der Waals surface area (Å²) in [4.78, 5) is 34.9. The van der Waals surface area contributed by atoms with Crippen molar-refractivity contribution in [1.29, 1.82) is 0 Å². The molecule has 0 aliphatic heterocycles. The molecule has 0 saturated heterocycles. The molecule has 1 aromatic carbocycles. The standard InChI is InChI=1S/C17H17ClN2O5/c18-12-5-1-2-6-13(12)20-15(21)11-25-16(22)8-3-9-19-17(23)14-7-4-10-24-14/h1-2,4-7,10H,3,8-9,11H2,(H,19,23)(H,20,21). The van der Waals surface area contributed by atoms with Crippen molar-refractivity contribution in [3.05, 3.63) is 53.4 Å². The molecule has 0 bridgehead atoms. The van der Waals surface area contributed by atoms with Crippen molar-refractivity contribution in [2.75, 3.05) is 18.5 Å². The number of ether oxygens (including phenoxy) is 1. The van der Waals surface area contributed by atoms with Gasteiger partial charge in [0.05, 0.1) is 17.0 Å². The molecule has 132 valence electrons. The first kappa shape index (κ1) is 18.5. The maximum Gasteiger partial charge on any atom is 0.306 e. The third kappa shape index (κ3) is 6.31. The summed E-state index contributed by atoms with van der Waals surface area (Å²) in [6, 6.07) is 9.90. The molecule has 0 aliphatic rings. The number of nitrogens with one attached hydrogen (secondary N) is 2. The van der Waals surface area contributed by atoms with E-state index in [0.29, 0.717) is 23.7 Å². The van der Waals surface area contributed by atoms with E-state index in [1.807, 2.05) is 0 Å². The maximum atomic E-state index is 11.7. The Balaban J connectivity index is 1.60. The van der Waals surface area contributed by atoms with Gasteiger partial charge in [-0.25, -0.2) is 0 Å². The van der Waals surface area contributed by atoms with Crippen LogP contribution < -0.4 is 10.6 Å². The van der Waals surface area contributed by atoms with Crippen LogP contribution >= 0.6 is 11.6 Å². The number of para-hydroxylation sites is 1. The van der Waals surface area contributed by atoms with Gasteiger partial charge in [-0.15, -0.1) is 0 Å². The number of carbonyl (C=O) groups excluding carboxylic acids is 3. The van der Waals surface area contributed by atoms with Crippen molar-refractivity contribution in [3.63, 3.8) is 0 Å². The topological polar surface area (TPSA) is 97.6 Å². The van der Waals surface area contributed by atoms with Crippen LogP contribution in [0.4, 0.5) is 5.69 Å². The normalized spacial score (nSPS) is 10.1. The Morgan fingerprint density at radius 1 is 1.12 bits per heavy atom. The van der Waals surface area contributed by atoms with E-state index in [-0.39, 0.29) is 18.1 Å². The van der Waals surface area contributed by atoms with Crippen molar-refractivity contribution >= 4 is 35.1 Å². The lowest BCUT2D eigenvalue weighted by Crippen LogP contribution is -2.25. The van der Waals surface area contributed by atoms with Crippen LogP contribution in [0.1, 0.15) is 23.4 Å². The van der Waals surface area contributed by atoms with Gasteiger partial charge in [0.15, 0.2) is 12.4 Å². The highest BCUT2D eigenvalue weighted by Gasteiger charge is 2.10. The van der Waals surface area contributed by atoms with Crippen LogP contribution in [0.2, 0.25) is 5.02 Å². The summed E-state index contributed by atoms with van der Waals surface area (Å²) in [5, 5.41) is 5.56. The zero-order chi connectivity index (χ0) is 18.1. The summed E-state index contributed by atoms with van der Waals surface area (Å²) < 4.78 is 9.81. The quantitative estimate of drug-likeness (QED) is 0.554. The number of rotatable bonds is 8. The highest BCUT2D eigenvalue weighted by Crippen LogP contribution is 2.20. The largest absolute Gasteiger partial charge is 0.459 e. The van der Waals surface area contributed by atoms with Gasteiger partial charge in [-0.05, 0) is 30.7 Å². The minimum absolute atomic E-state index is 0.0812. The fourth-order valence-electron chi connectivity index (χ4n) is 1.90. The second-order valence-corrected chi connectivity index (χ2v) is 5.43. The van der Waals surface area contributed by atoms with Crippen LogP contribution in [0.15, 0.2) is 47.1 Å². The summed E-state index contributed by atoms with van der Waals surface area (Å²) in [6.07, 6.45) is 1.87. The first-order valence-corrected chi connectivity index (χ1v) is 7.96. The molecule has 0 atom stereocenters. The number of hydrogen-bond acceptors (Lipinski definition) is 5. The van der Waals surface area contributed by atoms with E-state index < -0.39 is 18.5 Å². The van der Waals surface area contributed by atoms with Gasteiger partial charge in [0, 0.05) is 13.0 Å². The van der Waals surface area contributed by atoms with Crippen molar-refractivity contribution in [2.24, 2.45) is 0 Å². The molecule has 0 spiro atoms. The predicted octanol–water partition coefficient (Wildman–Crippen LogP) is 2.62. The van der Waals surface area contributed by atoms with Crippen LogP contribution in [0.3, 0.4) is 0 Å². The molecular weight excluding hydrogens is 348 g/mol. The van der Waals surface area contributed by atoms with E-state index in [1.165, 1.54) is 6.26 Å². The summed E-state index contributed by atoms with van der Waals surface area (Å²) in [5.41, 5.74) is 0.450. The average molecular weight is 365 g/mol. The van der Waals surface area contributed by atoms with Crippen LogP contribution in [-0.2, 0) is 14.3 Å². The second-order valence-electron chi connectivity index (χ2n) is 5.03. The Labute approximate surface area is 149 Å². The van der Waals surface area contributed by atoms with Gasteiger partial charge >= 0.3 is 5.97 Å². The van der Waals surface area contributed by atoms with Crippen LogP contribution in [-0.4, -0.2) is 30.9 Å². The highest BCUT2D eigenvalue weighted by atomic mass is 35.5. The zero-order valence-electron chi connectivity index (χ0n) is 13.3. The molecule has 1 heterocycles. The predicted molar refractivity (Wildman–Crippen MR) is 91.3 cm³/mol. The summed E-state index contributed by atoms with van der Waals surface area (Å²) in [7, 11) is 0. The van der Waals surface area contributed by atoms with E-state index in [1.54, 1.807) is 36.4 Å². The van der Waals surface area contributed by atoms with Gasteiger partial charge < -0.3 is 19.8 Å². The maximum absolute atomic E-state index is 11.7. The zero-order valence-corrected chi connectivity index (χ0v) is 14.0. The minimum Gasteiger partial charge on any atom is -0.459 e. The third-order valence-corrected chi connectivity index (χ3v) is 3.43. The molecule has 25 heavy (non-hydrogen) atoms. The molecule has 7 nitrogen and oxygen atoms in total. The van der Waals surface area contributed by atoms with Crippen molar-refractivity contribution in [3.8, 4) is 0 Å². The van der Waals surface area contributed by atoms with E-state index in [2.05, 4.69) is 10.6 Å². The lowest BCUT2D eigenvalue weighted by molar-refractivity contribution is -0.147. The Morgan fingerprint density at radius 2 is 1.92 bits per heavy atom. The first-order chi connectivity index (χ1) is 12.1. The van der Waals surface area contributed by atoms with Crippen molar-refractivity contribution in [2.45, 2.75) is 12.8 Å². The summed E-state index contributed by atoms with van der Waals surface area (Å²) in [6.45, 7) is -0.108. The van der Waals surface area contributed by atoms with E-state index in [0.717, 1.165) is 0 Å². The number of hydrogen-bond donors (Lipinski definition) is 2. The molecule has 0 saturated carbocycles. The van der Waals surface area contributed by atoms with Crippen LogP contribution in [0.5, 0.6) is 0 Å². The van der Waals surface area contributed by atoms with Gasteiger partial charge in [0.25, 0.3) is 11.8 Å². The Kier molecular flexibility index (Phi) is 7.03. The first-order valence-electron chi connectivity index (χ1n) is 7.58. The molecule has 2 amide bonds. The van der Waals surface area contributed by atoms with Gasteiger partial charge in [0.2, 0.25) is 0 Å². The fraction of sp³-hybridized carbons (Fsp3) is 0.235. The Bertz CT molecular complexity index is 730. The lowest BCUT2D eigenvalue weighted by atomic mass is 10.3. The highest BCUT2D eigenvalue weighted by molar-refractivity contribution is 6.33. The van der Waals surface area contributed by atoms with Gasteiger partial charge in [0.1, 0.15) is 0 Å². The number of anilines is 1. The molecule has 0 fully saturated rings. The summed E-state index contributed by atoms with van der Waals surface area (Å²) >= 11 is 5.91. The molecule has 0 aliphatic carbocycles. The smallest absolute Gasteiger partial charge is 0.306 e. The number of amides is 2. The third-order valence-electron chi connectivity index (χ3n) is 3.10. The van der Waals surface area contributed by atoms with E-state index in [9.17, 15) is 14.4 Å². The fourth-order valence-corrected chi connectivity index (χ4v) is 2.08.